The van der Waals surface area contributed by atoms with Crippen LogP contribution >= 0.6 is 0 Å². The van der Waals surface area contributed by atoms with Crippen LogP contribution in [0.3, 0.4) is 0 Å². The van der Waals surface area contributed by atoms with Crippen LogP contribution in [0.2, 0.25) is 0 Å². The lowest BCUT2D eigenvalue weighted by atomic mass is 10.1. The van der Waals surface area contributed by atoms with Gasteiger partial charge in [-0.1, -0.05) is 0 Å². The van der Waals surface area contributed by atoms with Crippen LogP contribution < -0.4 is 9.47 Å². The molecule has 1 atom stereocenters. The number of rotatable bonds is 5. The second-order valence-electron chi connectivity index (χ2n) is 5.26. The van der Waals surface area contributed by atoms with Gasteiger partial charge in [-0.15, -0.1) is 0 Å². The zero-order valence-electron chi connectivity index (χ0n) is 19.0. The van der Waals surface area contributed by atoms with Crippen LogP contribution in [0.25, 0.3) is 11.0 Å². The van der Waals surface area contributed by atoms with Crippen molar-refractivity contribution >= 4 is 21.8 Å². The van der Waals surface area contributed by atoms with Crippen LogP contribution in [-0.2, 0) is 16.6 Å². The molecule has 6 nitrogen and oxygen atoms in total. The van der Waals surface area contributed by atoms with E-state index in [1.54, 1.807) is 19.9 Å². The maximum absolute atomic E-state index is 12.8. The molecule has 2 heterocycles. The van der Waals surface area contributed by atoms with Gasteiger partial charge in [0.2, 0.25) is 0 Å². The second-order valence-corrected chi connectivity index (χ2v) is 6.62. The highest BCUT2D eigenvalue weighted by molar-refractivity contribution is 7.84. The van der Waals surface area contributed by atoms with Gasteiger partial charge in [0.15, 0.2) is 5.16 Å². The number of benzene rings is 1. The molecule has 1 N–H and O–H groups in total. The number of methoxy groups -OCH3 is 2. The van der Waals surface area contributed by atoms with Gasteiger partial charge in [-0.2, -0.15) is 0 Å². The summed E-state index contributed by atoms with van der Waals surface area (Å²) in [5.41, 5.74) is 2.44. The minimum Gasteiger partial charge on any atom is -0.497 e. The summed E-state index contributed by atoms with van der Waals surface area (Å²) in [6.07, 6.45) is 1.47. The minimum atomic E-state index is -2.61. The SMILES string of the molecule is [2H]C([2H])([2H])Oc1ccc2nc(S(=O)Cc3ncc(C)c(OC([2H])([2H])[2H])c3C)[nH]c2c1. The van der Waals surface area contributed by atoms with Crippen molar-refractivity contribution in [3.05, 3.63) is 41.2 Å². The number of nitrogens with zero attached hydrogens (tertiary/aromatic N) is 2. The highest BCUT2D eigenvalue weighted by atomic mass is 32.2. The molecule has 3 rings (SSSR count). The summed E-state index contributed by atoms with van der Waals surface area (Å²) in [4.78, 5) is 11.4. The van der Waals surface area contributed by atoms with Crippen LogP contribution in [0.15, 0.2) is 29.6 Å². The smallest absolute Gasteiger partial charge is 0.197 e. The molecule has 1 aromatic carbocycles. The van der Waals surface area contributed by atoms with Crippen LogP contribution in [-0.4, -0.2) is 33.2 Å². The Morgan fingerprint density at radius 1 is 1.29 bits per heavy atom. The van der Waals surface area contributed by atoms with Crippen LogP contribution in [0, 0.1) is 13.8 Å². The quantitative estimate of drug-likeness (QED) is 0.765. The molecule has 0 radical (unpaired) electrons. The molecule has 0 aliphatic rings. The monoisotopic (exact) mass is 351 g/mol. The number of H-pyrrole nitrogens is 1. The van der Waals surface area contributed by atoms with Gasteiger partial charge in [-0.3, -0.25) is 9.19 Å². The number of aromatic amines is 1. The third-order valence-corrected chi connectivity index (χ3v) is 4.84. The van der Waals surface area contributed by atoms with E-state index in [1.165, 1.54) is 18.3 Å². The Labute approximate surface area is 151 Å². The molecule has 1 unspecified atom stereocenters. The van der Waals surface area contributed by atoms with Crippen LogP contribution in [0.4, 0.5) is 0 Å². The highest BCUT2D eigenvalue weighted by Gasteiger charge is 2.16. The average molecular weight is 351 g/mol. The van der Waals surface area contributed by atoms with E-state index in [9.17, 15) is 4.21 Å². The fourth-order valence-corrected chi connectivity index (χ4v) is 3.49. The summed E-state index contributed by atoms with van der Waals surface area (Å²) in [5, 5.41) is 0.177. The van der Waals surface area contributed by atoms with Crippen molar-refractivity contribution in [1.82, 2.24) is 15.0 Å². The van der Waals surface area contributed by atoms with Gasteiger partial charge in [-0.25, -0.2) is 4.98 Å². The third-order valence-electron chi connectivity index (χ3n) is 3.68. The number of nitrogens with one attached hydrogen (secondary N) is 1. The van der Waals surface area contributed by atoms with E-state index < -0.39 is 24.9 Å². The highest BCUT2D eigenvalue weighted by Crippen LogP contribution is 2.26. The van der Waals surface area contributed by atoms with Crippen molar-refractivity contribution in [1.29, 1.82) is 0 Å². The lowest BCUT2D eigenvalue weighted by Gasteiger charge is -2.11. The molecule has 0 aliphatic heterocycles. The number of aryl methyl sites for hydroxylation is 1. The zero-order chi connectivity index (χ0) is 22.3. The van der Waals surface area contributed by atoms with Crippen molar-refractivity contribution in [2.24, 2.45) is 0 Å². The van der Waals surface area contributed by atoms with Gasteiger partial charge in [0.05, 0.1) is 55.6 Å². The standard InChI is InChI=1S/C17H19N3O3S/c1-10-8-18-15(11(2)16(10)23-4)9-24(21)17-19-13-6-5-12(22-3)7-14(13)20-17/h5-8H,9H2,1-4H3,(H,19,20)/i3D3,4D3. The van der Waals surface area contributed by atoms with E-state index in [2.05, 4.69) is 15.0 Å². The summed E-state index contributed by atoms with van der Waals surface area (Å²) in [7, 11) is -6.81. The maximum Gasteiger partial charge on any atom is 0.197 e. The first-order valence-electron chi connectivity index (χ1n) is 10.0. The molecule has 24 heavy (non-hydrogen) atoms. The van der Waals surface area contributed by atoms with Crippen LogP contribution in [0.1, 0.15) is 25.0 Å². The molecule has 126 valence electrons. The number of hydrogen-bond acceptors (Lipinski definition) is 5. The summed E-state index contributed by atoms with van der Waals surface area (Å²) in [6.45, 7) is 3.34. The Hall–Kier alpha value is -2.41. The molecule has 0 spiro atoms. The Kier molecular flexibility index (Phi) is 2.88. The first kappa shape index (κ1) is 10.5. The van der Waals surface area contributed by atoms with E-state index in [-0.39, 0.29) is 22.4 Å². The normalized spacial score (nSPS) is 17.1. The third kappa shape index (κ3) is 2.99. The second kappa shape index (κ2) is 6.60. The molecular formula is C17H19N3O3S. The molecule has 0 aliphatic carbocycles. The lowest BCUT2D eigenvalue weighted by molar-refractivity contribution is 0.407. The Morgan fingerprint density at radius 2 is 2.12 bits per heavy atom. The summed E-state index contributed by atoms with van der Waals surface area (Å²) >= 11 is 0. The number of ether oxygens (including phenoxy) is 2. The van der Waals surface area contributed by atoms with Crippen molar-refractivity contribution in [2.45, 2.75) is 24.8 Å². The van der Waals surface area contributed by atoms with E-state index >= 15 is 0 Å². The molecule has 0 bridgehead atoms. The fraction of sp³-hybridized carbons (Fsp3) is 0.294. The summed E-state index contributed by atoms with van der Waals surface area (Å²) in [5.74, 6) is 0.307. The zero-order valence-corrected chi connectivity index (χ0v) is 13.9. The topological polar surface area (TPSA) is 77.1 Å². The molecule has 7 heteroatoms. The number of fused-ring (bicyclic) bond motifs is 1. The first-order chi connectivity index (χ1) is 13.8. The number of pyridine rings is 1. The molecule has 2 aromatic heterocycles. The molecular weight excluding hydrogens is 326 g/mol. The summed E-state index contributed by atoms with van der Waals surface area (Å²) < 4.78 is 66.2. The first-order valence-corrected chi connectivity index (χ1v) is 8.35. The lowest BCUT2D eigenvalue weighted by Crippen LogP contribution is -2.05. The predicted molar refractivity (Wildman–Crippen MR) is 93.0 cm³/mol. The Balaban J connectivity index is 1.85. The van der Waals surface area contributed by atoms with Gasteiger partial charge in [0.25, 0.3) is 0 Å². The van der Waals surface area contributed by atoms with Gasteiger partial charge in [0.1, 0.15) is 11.5 Å². The Morgan fingerprint density at radius 3 is 2.92 bits per heavy atom. The van der Waals surface area contributed by atoms with Crippen molar-refractivity contribution in [2.75, 3.05) is 14.1 Å². The molecule has 3 aromatic rings. The Bertz CT molecular complexity index is 1110. The van der Waals surface area contributed by atoms with Gasteiger partial charge in [-0.05, 0) is 26.0 Å². The number of aromatic nitrogens is 3. The molecule has 0 fully saturated rings. The minimum absolute atomic E-state index is 0.0120. The van der Waals surface area contributed by atoms with Gasteiger partial charge >= 0.3 is 0 Å². The van der Waals surface area contributed by atoms with E-state index in [4.69, 9.17) is 17.7 Å². The van der Waals surface area contributed by atoms with E-state index in [0.29, 0.717) is 27.9 Å². The number of hydrogen-bond donors (Lipinski definition) is 1. The van der Waals surface area contributed by atoms with Crippen molar-refractivity contribution in [3.8, 4) is 11.5 Å². The van der Waals surface area contributed by atoms with Gasteiger partial charge < -0.3 is 14.5 Å². The van der Waals surface area contributed by atoms with Crippen molar-refractivity contribution < 1.29 is 21.9 Å². The molecule has 0 saturated heterocycles. The fourth-order valence-electron chi connectivity index (χ4n) is 2.39. The maximum atomic E-state index is 12.8. The predicted octanol–water partition coefficient (Wildman–Crippen LogP) is 2.90. The molecule has 0 saturated carbocycles. The van der Waals surface area contributed by atoms with E-state index in [0.717, 1.165) is 0 Å². The van der Waals surface area contributed by atoms with Crippen LogP contribution in [0.5, 0.6) is 11.5 Å². The largest absolute Gasteiger partial charge is 0.497 e. The summed E-state index contributed by atoms with van der Waals surface area (Å²) in [6, 6.07) is 4.49. The van der Waals surface area contributed by atoms with Crippen molar-refractivity contribution in [3.63, 3.8) is 0 Å². The van der Waals surface area contributed by atoms with Gasteiger partial charge in [0, 0.05) is 23.4 Å². The number of imidazole rings is 1. The molecule has 0 amide bonds. The average Bonchev–Trinajstić information content (AvgIpc) is 3.02. The van der Waals surface area contributed by atoms with E-state index in [1.807, 2.05) is 0 Å².